The summed E-state index contributed by atoms with van der Waals surface area (Å²) in [6.45, 7) is 0. The molecule has 1 aliphatic rings. The molecule has 2 aromatic rings. The summed E-state index contributed by atoms with van der Waals surface area (Å²) < 4.78 is 7.26. The molecule has 1 saturated carbocycles. The minimum Gasteiger partial charge on any atom is -0.495 e. The van der Waals surface area contributed by atoms with E-state index in [-0.39, 0.29) is 0 Å². The fourth-order valence-electron chi connectivity index (χ4n) is 2.79. The minimum absolute atomic E-state index is 0.471. The molecule has 0 aliphatic heterocycles. The maximum atomic E-state index is 11.1. The Balaban J connectivity index is 2.19. The molecule has 0 N–H and O–H groups in total. The first kappa shape index (κ1) is 11.3. The number of carbonyl (C=O) groups excluding carboxylic acids is 1. The van der Waals surface area contributed by atoms with E-state index in [4.69, 9.17) is 4.74 Å². The van der Waals surface area contributed by atoms with Gasteiger partial charge in [-0.1, -0.05) is 12.8 Å². The standard InChI is InChI=1S/C14H16N2O2/c1-18-11-6-7-13-12(9-17)15-14(16(13)8-11)10-4-2-3-5-10/h6-10H,2-5H2,1H3. The van der Waals surface area contributed by atoms with Gasteiger partial charge in [0.25, 0.3) is 0 Å². The number of methoxy groups -OCH3 is 1. The van der Waals surface area contributed by atoms with Gasteiger partial charge in [-0.25, -0.2) is 4.98 Å². The second-order valence-corrected chi connectivity index (χ2v) is 4.78. The van der Waals surface area contributed by atoms with E-state index in [2.05, 4.69) is 4.98 Å². The molecule has 0 amide bonds. The van der Waals surface area contributed by atoms with Crippen LogP contribution in [-0.4, -0.2) is 22.8 Å². The van der Waals surface area contributed by atoms with Crippen LogP contribution in [0.2, 0.25) is 0 Å². The summed E-state index contributed by atoms with van der Waals surface area (Å²) in [7, 11) is 1.65. The molecule has 0 aromatic carbocycles. The third kappa shape index (κ3) is 1.68. The maximum absolute atomic E-state index is 11.1. The van der Waals surface area contributed by atoms with Gasteiger partial charge in [-0.15, -0.1) is 0 Å². The molecule has 4 heteroatoms. The van der Waals surface area contributed by atoms with Gasteiger partial charge in [0.2, 0.25) is 0 Å². The number of ether oxygens (including phenoxy) is 1. The first-order valence-electron chi connectivity index (χ1n) is 6.34. The highest BCUT2D eigenvalue weighted by Crippen LogP contribution is 2.34. The van der Waals surface area contributed by atoms with Crippen molar-refractivity contribution in [1.82, 2.24) is 9.38 Å². The molecule has 0 saturated heterocycles. The average molecular weight is 244 g/mol. The number of rotatable bonds is 3. The van der Waals surface area contributed by atoms with Crippen LogP contribution in [0.5, 0.6) is 5.75 Å². The predicted molar refractivity (Wildman–Crippen MR) is 68.3 cm³/mol. The molecule has 1 fully saturated rings. The summed E-state index contributed by atoms with van der Waals surface area (Å²) in [5.41, 5.74) is 1.40. The van der Waals surface area contributed by atoms with Gasteiger partial charge >= 0.3 is 0 Å². The summed E-state index contributed by atoms with van der Waals surface area (Å²) in [4.78, 5) is 15.6. The highest BCUT2D eigenvalue weighted by Gasteiger charge is 2.23. The number of aromatic nitrogens is 2. The lowest BCUT2D eigenvalue weighted by Gasteiger charge is -2.08. The van der Waals surface area contributed by atoms with Gasteiger partial charge in [-0.05, 0) is 25.0 Å². The Morgan fingerprint density at radius 2 is 2.17 bits per heavy atom. The van der Waals surface area contributed by atoms with Crippen LogP contribution in [0.3, 0.4) is 0 Å². The van der Waals surface area contributed by atoms with Crippen LogP contribution in [0.15, 0.2) is 18.3 Å². The minimum atomic E-state index is 0.471. The zero-order chi connectivity index (χ0) is 12.5. The van der Waals surface area contributed by atoms with E-state index < -0.39 is 0 Å². The molecule has 2 heterocycles. The summed E-state index contributed by atoms with van der Waals surface area (Å²) in [5.74, 6) is 2.26. The Labute approximate surface area is 106 Å². The van der Waals surface area contributed by atoms with Crippen molar-refractivity contribution >= 4 is 11.8 Å². The van der Waals surface area contributed by atoms with Gasteiger partial charge in [-0.3, -0.25) is 9.20 Å². The van der Waals surface area contributed by atoms with Crippen LogP contribution < -0.4 is 4.74 Å². The number of fused-ring (bicyclic) bond motifs is 1. The molecule has 0 spiro atoms. The zero-order valence-corrected chi connectivity index (χ0v) is 10.4. The molecule has 0 bridgehead atoms. The smallest absolute Gasteiger partial charge is 0.170 e. The van der Waals surface area contributed by atoms with Crippen LogP contribution in [0.1, 0.15) is 47.9 Å². The molecule has 4 nitrogen and oxygen atoms in total. The third-order valence-electron chi connectivity index (χ3n) is 3.73. The van der Waals surface area contributed by atoms with Gasteiger partial charge in [-0.2, -0.15) is 0 Å². The van der Waals surface area contributed by atoms with Gasteiger partial charge in [0.15, 0.2) is 6.29 Å². The maximum Gasteiger partial charge on any atom is 0.170 e. The molecule has 18 heavy (non-hydrogen) atoms. The summed E-state index contributed by atoms with van der Waals surface area (Å²) >= 11 is 0. The van der Waals surface area contributed by atoms with Crippen molar-refractivity contribution in [3.63, 3.8) is 0 Å². The summed E-state index contributed by atoms with van der Waals surface area (Å²) in [5, 5.41) is 0. The number of pyridine rings is 1. The van der Waals surface area contributed by atoms with E-state index in [0.29, 0.717) is 11.6 Å². The highest BCUT2D eigenvalue weighted by atomic mass is 16.5. The van der Waals surface area contributed by atoms with Crippen molar-refractivity contribution in [2.75, 3.05) is 7.11 Å². The average Bonchev–Trinajstić information content (AvgIpc) is 3.04. The molecule has 0 radical (unpaired) electrons. The van der Waals surface area contributed by atoms with Gasteiger partial charge in [0.1, 0.15) is 17.3 Å². The zero-order valence-electron chi connectivity index (χ0n) is 10.4. The van der Waals surface area contributed by atoms with E-state index in [9.17, 15) is 4.79 Å². The van der Waals surface area contributed by atoms with Crippen molar-refractivity contribution in [3.05, 3.63) is 29.8 Å². The van der Waals surface area contributed by atoms with E-state index in [1.807, 2.05) is 22.7 Å². The second-order valence-electron chi connectivity index (χ2n) is 4.78. The van der Waals surface area contributed by atoms with E-state index in [1.165, 1.54) is 12.8 Å². The Kier molecular flexibility index (Phi) is 2.78. The Bertz CT molecular complexity index is 583. The third-order valence-corrected chi connectivity index (χ3v) is 3.73. The van der Waals surface area contributed by atoms with Crippen LogP contribution in [-0.2, 0) is 0 Å². The predicted octanol–water partition coefficient (Wildman–Crippen LogP) is 2.81. The number of hydrogen-bond acceptors (Lipinski definition) is 3. The topological polar surface area (TPSA) is 43.6 Å². The second kappa shape index (κ2) is 4.44. The lowest BCUT2D eigenvalue weighted by molar-refractivity contribution is 0.112. The van der Waals surface area contributed by atoms with Crippen LogP contribution in [0, 0.1) is 0 Å². The van der Waals surface area contributed by atoms with Crippen molar-refractivity contribution in [2.24, 2.45) is 0 Å². The van der Waals surface area contributed by atoms with Crippen molar-refractivity contribution in [1.29, 1.82) is 0 Å². The van der Waals surface area contributed by atoms with Gasteiger partial charge in [0, 0.05) is 5.92 Å². The molecule has 94 valence electrons. The number of nitrogens with zero attached hydrogens (tertiary/aromatic N) is 2. The first-order chi connectivity index (χ1) is 8.83. The number of hydrogen-bond donors (Lipinski definition) is 0. The lowest BCUT2D eigenvalue weighted by atomic mass is 10.1. The quantitative estimate of drug-likeness (QED) is 0.780. The van der Waals surface area contributed by atoms with Crippen molar-refractivity contribution in [2.45, 2.75) is 31.6 Å². The molecular weight excluding hydrogens is 228 g/mol. The summed E-state index contributed by atoms with van der Waals surface area (Å²) in [6, 6.07) is 3.76. The number of carbonyl (C=O) groups is 1. The Hall–Kier alpha value is -1.84. The molecular formula is C14H16N2O2. The summed E-state index contributed by atoms with van der Waals surface area (Å²) in [6.07, 6.45) is 7.58. The normalized spacial score (nSPS) is 16.3. The van der Waals surface area contributed by atoms with Gasteiger partial charge in [0.05, 0.1) is 18.8 Å². The highest BCUT2D eigenvalue weighted by molar-refractivity contribution is 5.84. The SMILES string of the molecule is COc1ccc2c(C=O)nc(C3CCCC3)n2c1. The molecule has 2 aromatic heterocycles. The van der Waals surface area contributed by atoms with Gasteiger partial charge < -0.3 is 4.74 Å². The molecule has 0 unspecified atom stereocenters. The number of imidazole rings is 1. The number of aldehydes is 1. The van der Waals surface area contributed by atoms with Crippen LogP contribution in [0.4, 0.5) is 0 Å². The van der Waals surface area contributed by atoms with E-state index in [1.54, 1.807) is 7.11 Å². The lowest BCUT2D eigenvalue weighted by Crippen LogP contribution is -2.00. The fraction of sp³-hybridized carbons (Fsp3) is 0.429. The van der Waals surface area contributed by atoms with Crippen molar-refractivity contribution < 1.29 is 9.53 Å². The monoisotopic (exact) mass is 244 g/mol. The van der Waals surface area contributed by atoms with Crippen molar-refractivity contribution in [3.8, 4) is 5.75 Å². The Morgan fingerprint density at radius 1 is 1.39 bits per heavy atom. The molecule has 3 rings (SSSR count). The molecule has 0 atom stereocenters. The Morgan fingerprint density at radius 3 is 2.83 bits per heavy atom. The fourth-order valence-corrected chi connectivity index (χ4v) is 2.79. The first-order valence-corrected chi connectivity index (χ1v) is 6.34. The van der Waals surface area contributed by atoms with E-state index in [0.717, 1.165) is 36.2 Å². The molecule has 1 aliphatic carbocycles. The van der Waals surface area contributed by atoms with Crippen LogP contribution >= 0.6 is 0 Å². The largest absolute Gasteiger partial charge is 0.495 e. The van der Waals surface area contributed by atoms with E-state index >= 15 is 0 Å². The van der Waals surface area contributed by atoms with Crippen LogP contribution in [0.25, 0.3) is 5.52 Å².